The van der Waals surface area contributed by atoms with Gasteiger partial charge in [-0.1, -0.05) is 35.3 Å². The summed E-state index contributed by atoms with van der Waals surface area (Å²) in [4.78, 5) is 34.6. The number of nitrogens with two attached hydrogens (primary N) is 1. The summed E-state index contributed by atoms with van der Waals surface area (Å²) in [5.41, 5.74) is 4.74. The number of rotatable bonds is 5. The number of carboxylic acid groups (broad SMARTS) is 2. The van der Waals surface area contributed by atoms with Gasteiger partial charge < -0.3 is 26.0 Å². The number of carboxylic acids is 2. The Labute approximate surface area is 157 Å². The molecule has 1 aromatic carbocycles. The average Bonchev–Trinajstić information content (AvgIpc) is 2.53. The first kappa shape index (κ1) is 19.6. The maximum absolute atomic E-state index is 11.9. The number of hydrogen-bond donors (Lipinski definition) is 4. The number of aliphatic carboxylic acids is 2. The van der Waals surface area contributed by atoms with Gasteiger partial charge in [0.1, 0.15) is 6.61 Å². The number of dihydropyridines is 1. The maximum Gasteiger partial charge on any atom is 0.404 e. The molecule has 1 aliphatic heterocycles. The highest BCUT2D eigenvalue weighted by Gasteiger charge is 2.39. The van der Waals surface area contributed by atoms with Crippen molar-refractivity contribution < 1.29 is 29.3 Å². The van der Waals surface area contributed by atoms with Gasteiger partial charge in [-0.15, -0.1) is 0 Å². The Morgan fingerprint density at radius 1 is 1.19 bits per heavy atom. The fourth-order valence-electron chi connectivity index (χ4n) is 2.74. The lowest BCUT2D eigenvalue weighted by atomic mass is 9.80. The van der Waals surface area contributed by atoms with Gasteiger partial charge in [0.15, 0.2) is 0 Å². The lowest BCUT2D eigenvalue weighted by Crippen LogP contribution is -2.34. The molecular formula is C16H14Cl2N2O6. The van der Waals surface area contributed by atoms with Gasteiger partial charge in [-0.05, 0) is 18.6 Å². The van der Waals surface area contributed by atoms with E-state index in [1.165, 1.54) is 25.1 Å². The molecule has 0 bridgehead atoms. The molecule has 1 aliphatic rings. The van der Waals surface area contributed by atoms with Crippen molar-refractivity contribution in [1.82, 2.24) is 5.32 Å². The Hall–Kier alpha value is -2.71. The Morgan fingerprint density at radius 2 is 1.81 bits per heavy atom. The van der Waals surface area contributed by atoms with E-state index in [0.29, 0.717) is 0 Å². The molecule has 1 amide bonds. The standard InChI is InChI=1S/C16H14Cl2N2O6/c1-6-10(14(21)22)11(7-3-2-4-8(17)13(7)18)12(15(23)24)9(20-6)5-26-16(19)25/h2-4,11,20H,5H2,1H3,(H2,19,25)(H,21,22)(H,23,24). The van der Waals surface area contributed by atoms with Crippen LogP contribution in [0.5, 0.6) is 0 Å². The Morgan fingerprint density at radius 3 is 2.35 bits per heavy atom. The molecule has 8 nitrogen and oxygen atoms in total. The molecule has 138 valence electrons. The molecular weight excluding hydrogens is 387 g/mol. The summed E-state index contributed by atoms with van der Waals surface area (Å²) in [6.07, 6.45) is -1.10. The molecule has 26 heavy (non-hydrogen) atoms. The second kappa shape index (κ2) is 7.67. The van der Waals surface area contributed by atoms with Crippen molar-refractivity contribution in [2.45, 2.75) is 12.8 Å². The number of ether oxygens (including phenoxy) is 1. The summed E-state index contributed by atoms with van der Waals surface area (Å²) in [6.45, 7) is 0.980. The van der Waals surface area contributed by atoms with Crippen molar-refractivity contribution >= 4 is 41.2 Å². The van der Waals surface area contributed by atoms with Crippen LogP contribution in [0.2, 0.25) is 10.0 Å². The highest BCUT2D eigenvalue weighted by molar-refractivity contribution is 6.42. The second-order valence-electron chi connectivity index (χ2n) is 5.35. The number of carbonyl (C=O) groups excluding carboxylic acids is 1. The average molecular weight is 401 g/mol. The van der Waals surface area contributed by atoms with E-state index >= 15 is 0 Å². The molecule has 0 spiro atoms. The quantitative estimate of drug-likeness (QED) is 0.594. The monoisotopic (exact) mass is 400 g/mol. The third-order valence-corrected chi connectivity index (χ3v) is 4.59. The summed E-state index contributed by atoms with van der Waals surface area (Å²) in [5.74, 6) is -3.97. The normalized spacial score (nSPS) is 17.0. The van der Waals surface area contributed by atoms with Crippen LogP contribution in [-0.4, -0.2) is 34.9 Å². The first-order chi connectivity index (χ1) is 12.1. The van der Waals surface area contributed by atoms with Gasteiger partial charge >= 0.3 is 18.0 Å². The van der Waals surface area contributed by atoms with E-state index in [0.717, 1.165) is 0 Å². The van der Waals surface area contributed by atoms with Gasteiger partial charge in [-0.3, -0.25) is 0 Å². The zero-order valence-electron chi connectivity index (χ0n) is 13.4. The van der Waals surface area contributed by atoms with E-state index in [1.54, 1.807) is 0 Å². The van der Waals surface area contributed by atoms with Crippen molar-refractivity contribution in [2.24, 2.45) is 5.73 Å². The molecule has 1 aromatic rings. The number of amides is 1. The molecule has 0 fully saturated rings. The van der Waals surface area contributed by atoms with Crippen molar-refractivity contribution in [3.8, 4) is 0 Å². The Kier molecular flexibility index (Phi) is 5.79. The van der Waals surface area contributed by atoms with Crippen LogP contribution >= 0.6 is 23.2 Å². The van der Waals surface area contributed by atoms with E-state index in [4.69, 9.17) is 28.9 Å². The van der Waals surface area contributed by atoms with Gasteiger partial charge in [0.05, 0.1) is 32.8 Å². The smallest absolute Gasteiger partial charge is 0.404 e. The molecule has 2 rings (SSSR count). The Balaban J connectivity index is 2.74. The van der Waals surface area contributed by atoms with Crippen LogP contribution in [0, 0.1) is 0 Å². The maximum atomic E-state index is 11.9. The number of carbonyl (C=O) groups is 3. The first-order valence-electron chi connectivity index (χ1n) is 7.18. The first-order valence-corrected chi connectivity index (χ1v) is 7.94. The van der Waals surface area contributed by atoms with Crippen LogP contribution in [0.15, 0.2) is 40.7 Å². The van der Waals surface area contributed by atoms with Crippen LogP contribution in [0.4, 0.5) is 4.79 Å². The lowest BCUT2D eigenvalue weighted by molar-refractivity contribution is -0.133. The van der Waals surface area contributed by atoms with Gasteiger partial charge in [0.2, 0.25) is 0 Å². The number of benzene rings is 1. The van der Waals surface area contributed by atoms with Crippen molar-refractivity contribution in [2.75, 3.05) is 6.61 Å². The highest BCUT2D eigenvalue weighted by atomic mass is 35.5. The van der Waals surface area contributed by atoms with E-state index in [2.05, 4.69) is 10.1 Å². The van der Waals surface area contributed by atoms with Gasteiger partial charge in [0, 0.05) is 5.70 Å². The predicted octanol–water partition coefficient (Wildman–Crippen LogP) is 2.47. The summed E-state index contributed by atoms with van der Waals surface area (Å²) in [6, 6.07) is 4.50. The summed E-state index contributed by atoms with van der Waals surface area (Å²) < 4.78 is 4.67. The van der Waals surface area contributed by atoms with Crippen LogP contribution in [-0.2, 0) is 14.3 Å². The van der Waals surface area contributed by atoms with Crippen LogP contribution in [0.25, 0.3) is 0 Å². The van der Waals surface area contributed by atoms with Crippen molar-refractivity contribution in [3.63, 3.8) is 0 Å². The predicted molar refractivity (Wildman–Crippen MR) is 92.9 cm³/mol. The number of nitrogens with one attached hydrogen (secondary N) is 1. The summed E-state index contributed by atoms with van der Waals surface area (Å²) in [7, 11) is 0. The highest BCUT2D eigenvalue weighted by Crippen LogP contribution is 2.42. The minimum atomic E-state index is -1.41. The lowest BCUT2D eigenvalue weighted by Gasteiger charge is -2.30. The molecule has 0 aliphatic carbocycles. The molecule has 5 N–H and O–H groups in total. The van der Waals surface area contributed by atoms with Crippen LogP contribution in [0.1, 0.15) is 18.4 Å². The fraction of sp³-hybridized carbons (Fsp3) is 0.188. The van der Waals surface area contributed by atoms with Crippen LogP contribution in [0.3, 0.4) is 0 Å². The van der Waals surface area contributed by atoms with Crippen molar-refractivity contribution in [3.05, 3.63) is 56.3 Å². The largest absolute Gasteiger partial charge is 0.478 e. The minimum absolute atomic E-state index is 0.0140. The second-order valence-corrected chi connectivity index (χ2v) is 6.14. The van der Waals surface area contributed by atoms with E-state index in [1.807, 2.05) is 0 Å². The number of hydrogen-bond acceptors (Lipinski definition) is 5. The third kappa shape index (κ3) is 3.76. The molecule has 1 unspecified atom stereocenters. The van der Waals surface area contributed by atoms with Gasteiger partial charge in [0.25, 0.3) is 0 Å². The minimum Gasteiger partial charge on any atom is -0.478 e. The number of halogens is 2. The molecule has 0 saturated carbocycles. The van der Waals surface area contributed by atoms with Crippen molar-refractivity contribution in [1.29, 1.82) is 0 Å². The SMILES string of the molecule is CC1=C(C(=O)O)C(c2cccc(Cl)c2Cl)C(C(=O)O)=C(COC(N)=O)N1. The molecule has 10 heteroatoms. The zero-order valence-corrected chi connectivity index (χ0v) is 14.9. The summed E-state index contributed by atoms with van der Waals surface area (Å²) >= 11 is 12.2. The molecule has 1 heterocycles. The topological polar surface area (TPSA) is 139 Å². The van der Waals surface area contributed by atoms with E-state index in [-0.39, 0.29) is 38.1 Å². The van der Waals surface area contributed by atoms with Gasteiger partial charge in [-0.25, -0.2) is 14.4 Å². The van der Waals surface area contributed by atoms with Crippen LogP contribution < -0.4 is 11.1 Å². The third-order valence-electron chi connectivity index (χ3n) is 3.76. The van der Waals surface area contributed by atoms with E-state index in [9.17, 15) is 24.6 Å². The fourth-order valence-corrected chi connectivity index (χ4v) is 3.16. The van der Waals surface area contributed by atoms with Gasteiger partial charge in [-0.2, -0.15) is 0 Å². The zero-order chi connectivity index (χ0) is 19.6. The number of allylic oxidation sites excluding steroid dienone is 1. The molecule has 0 saturated heterocycles. The van der Waals surface area contributed by atoms with E-state index < -0.39 is 30.6 Å². The Bertz CT molecular complexity index is 862. The molecule has 1 atom stereocenters. The molecule has 0 aromatic heterocycles. The number of primary amides is 1. The molecule has 0 radical (unpaired) electrons. The summed E-state index contributed by atoms with van der Waals surface area (Å²) in [5, 5.41) is 22.1.